The second-order valence-corrected chi connectivity index (χ2v) is 7.68. The SMILES string of the molecule is CCC(=O)c1c(C2=CCN(C(=O)OC(C)(C)C)CC2)ccc(Cl)c1C. The van der Waals surface area contributed by atoms with Crippen LogP contribution in [-0.4, -0.2) is 35.5 Å². The number of amides is 1. The van der Waals surface area contributed by atoms with Crippen LogP contribution in [0.1, 0.15) is 62.0 Å². The van der Waals surface area contributed by atoms with Crippen LogP contribution in [0.15, 0.2) is 18.2 Å². The predicted octanol–water partition coefficient (Wildman–Crippen LogP) is 5.27. The minimum Gasteiger partial charge on any atom is -0.444 e. The van der Waals surface area contributed by atoms with E-state index in [-0.39, 0.29) is 11.9 Å². The third kappa shape index (κ3) is 4.63. The predicted molar refractivity (Wildman–Crippen MR) is 101 cm³/mol. The second kappa shape index (κ2) is 7.61. The van der Waals surface area contributed by atoms with E-state index in [0.717, 1.165) is 16.7 Å². The lowest BCUT2D eigenvalue weighted by atomic mass is 9.89. The molecule has 0 saturated heterocycles. The minimum absolute atomic E-state index is 0.0884. The molecule has 0 N–H and O–H groups in total. The molecule has 0 radical (unpaired) electrons. The van der Waals surface area contributed by atoms with Crippen LogP contribution in [0.4, 0.5) is 4.79 Å². The first-order valence-corrected chi connectivity index (χ1v) is 9.01. The van der Waals surface area contributed by atoms with Gasteiger partial charge in [0.1, 0.15) is 5.60 Å². The molecule has 2 rings (SSSR count). The van der Waals surface area contributed by atoms with Gasteiger partial charge in [0.25, 0.3) is 0 Å². The normalized spacial score (nSPS) is 15.0. The first-order valence-electron chi connectivity index (χ1n) is 8.63. The maximum Gasteiger partial charge on any atom is 0.410 e. The molecule has 0 fully saturated rings. The number of carbonyl (C=O) groups is 2. The summed E-state index contributed by atoms with van der Waals surface area (Å²) in [6.07, 6.45) is 2.82. The molecule has 1 aliphatic heterocycles. The second-order valence-electron chi connectivity index (χ2n) is 7.28. The Labute approximate surface area is 154 Å². The Morgan fingerprint density at radius 2 is 1.96 bits per heavy atom. The highest BCUT2D eigenvalue weighted by Crippen LogP contribution is 2.32. The molecule has 0 atom stereocenters. The number of ketones is 1. The maximum absolute atomic E-state index is 12.4. The lowest BCUT2D eigenvalue weighted by molar-refractivity contribution is 0.0270. The van der Waals surface area contributed by atoms with E-state index in [2.05, 4.69) is 0 Å². The average molecular weight is 364 g/mol. The molecule has 1 amide bonds. The van der Waals surface area contributed by atoms with Crippen LogP contribution in [0.25, 0.3) is 5.57 Å². The van der Waals surface area contributed by atoms with E-state index in [4.69, 9.17) is 16.3 Å². The monoisotopic (exact) mass is 363 g/mol. The van der Waals surface area contributed by atoms with Crippen LogP contribution >= 0.6 is 11.6 Å². The molecule has 0 aliphatic carbocycles. The molecule has 0 saturated carbocycles. The Hall–Kier alpha value is -1.81. The highest BCUT2D eigenvalue weighted by Gasteiger charge is 2.25. The van der Waals surface area contributed by atoms with Gasteiger partial charge in [0.05, 0.1) is 0 Å². The third-order valence-corrected chi connectivity index (χ3v) is 4.62. The van der Waals surface area contributed by atoms with E-state index in [1.165, 1.54) is 0 Å². The van der Waals surface area contributed by atoms with Crippen molar-refractivity contribution in [2.75, 3.05) is 13.1 Å². The van der Waals surface area contributed by atoms with E-state index in [9.17, 15) is 9.59 Å². The largest absolute Gasteiger partial charge is 0.444 e. The number of hydrogen-bond acceptors (Lipinski definition) is 3. The molecular formula is C20H26ClNO3. The van der Waals surface area contributed by atoms with Gasteiger partial charge in [-0.15, -0.1) is 0 Å². The fraction of sp³-hybridized carbons (Fsp3) is 0.500. The van der Waals surface area contributed by atoms with E-state index in [1.54, 1.807) is 4.90 Å². The molecule has 0 bridgehead atoms. The summed E-state index contributed by atoms with van der Waals surface area (Å²) >= 11 is 6.21. The molecule has 5 heteroatoms. The highest BCUT2D eigenvalue weighted by atomic mass is 35.5. The number of rotatable bonds is 3. The van der Waals surface area contributed by atoms with E-state index >= 15 is 0 Å². The molecule has 1 heterocycles. The Morgan fingerprint density at radius 1 is 1.28 bits per heavy atom. The molecule has 25 heavy (non-hydrogen) atoms. The van der Waals surface area contributed by atoms with Crippen molar-refractivity contribution in [2.45, 2.75) is 53.1 Å². The van der Waals surface area contributed by atoms with Crippen LogP contribution in [0.5, 0.6) is 0 Å². The van der Waals surface area contributed by atoms with Gasteiger partial charge >= 0.3 is 6.09 Å². The summed E-state index contributed by atoms with van der Waals surface area (Å²) in [5, 5.41) is 0.604. The van der Waals surface area contributed by atoms with Gasteiger partial charge in [0.2, 0.25) is 0 Å². The molecule has 1 aromatic rings. The minimum atomic E-state index is -0.505. The van der Waals surface area contributed by atoms with E-state index < -0.39 is 5.60 Å². The van der Waals surface area contributed by atoms with E-state index in [1.807, 2.05) is 52.8 Å². The van der Waals surface area contributed by atoms with Gasteiger partial charge in [-0.1, -0.05) is 30.7 Å². The zero-order valence-electron chi connectivity index (χ0n) is 15.6. The van der Waals surface area contributed by atoms with Crippen molar-refractivity contribution in [2.24, 2.45) is 0 Å². The number of Topliss-reactive ketones (excluding diaryl/α,β-unsaturated/α-hetero) is 1. The van der Waals surface area contributed by atoms with Crippen molar-refractivity contribution in [3.8, 4) is 0 Å². The quantitative estimate of drug-likeness (QED) is 0.687. The Bertz CT molecular complexity index is 716. The summed E-state index contributed by atoms with van der Waals surface area (Å²) in [6, 6.07) is 3.74. The molecular weight excluding hydrogens is 338 g/mol. The van der Waals surface area contributed by atoms with Crippen molar-refractivity contribution >= 4 is 29.1 Å². The molecule has 1 aromatic carbocycles. The Kier molecular flexibility index (Phi) is 5.94. The zero-order valence-corrected chi connectivity index (χ0v) is 16.4. The average Bonchev–Trinajstić information content (AvgIpc) is 2.55. The maximum atomic E-state index is 12.4. The number of hydrogen-bond donors (Lipinski definition) is 0. The van der Waals surface area contributed by atoms with Crippen LogP contribution in [0.2, 0.25) is 5.02 Å². The molecule has 0 spiro atoms. The Balaban J connectivity index is 2.26. The lowest BCUT2D eigenvalue weighted by Gasteiger charge is -2.30. The van der Waals surface area contributed by atoms with Crippen molar-refractivity contribution in [1.29, 1.82) is 0 Å². The van der Waals surface area contributed by atoms with Crippen molar-refractivity contribution in [1.82, 2.24) is 4.90 Å². The first kappa shape index (κ1) is 19.5. The number of ether oxygens (including phenoxy) is 1. The summed E-state index contributed by atoms with van der Waals surface area (Å²) in [7, 11) is 0. The van der Waals surface area contributed by atoms with Gasteiger partial charge < -0.3 is 9.64 Å². The number of benzene rings is 1. The van der Waals surface area contributed by atoms with Crippen LogP contribution in [-0.2, 0) is 4.74 Å². The molecule has 1 aliphatic rings. The van der Waals surface area contributed by atoms with Gasteiger partial charge in [-0.05, 0) is 56.9 Å². The van der Waals surface area contributed by atoms with Crippen molar-refractivity contribution in [3.63, 3.8) is 0 Å². The summed E-state index contributed by atoms with van der Waals surface area (Å²) in [6.45, 7) is 10.4. The van der Waals surface area contributed by atoms with Crippen molar-refractivity contribution < 1.29 is 14.3 Å². The summed E-state index contributed by atoms with van der Waals surface area (Å²) in [4.78, 5) is 26.3. The summed E-state index contributed by atoms with van der Waals surface area (Å²) in [5.41, 5.74) is 3.03. The van der Waals surface area contributed by atoms with Crippen LogP contribution in [0, 0.1) is 6.92 Å². The third-order valence-electron chi connectivity index (χ3n) is 4.21. The van der Waals surface area contributed by atoms with Crippen molar-refractivity contribution in [3.05, 3.63) is 39.9 Å². The smallest absolute Gasteiger partial charge is 0.410 e. The summed E-state index contributed by atoms with van der Waals surface area (Å²) < 4.78 is 5.42. The summed E-state index contributed by atoms with van der Waals surface area (Å²) in [5.74, 6) is 0.0884. The zero-order chi connectivity index (χ0) is 18.8. The van der Waals surface area contributed by atoms with E-state index in [0.29, 0.717) is 36.5 Å². The highest BCUT2D eigenvalue weighted by molar-refractivity contribution is 6.32. The Morgan fingerprint density at radius 3 is 2.48 bits per heavy atom. The standard InChI is InChI=1S/C20H26ClNO3/c1-6-17(23)18-13(2)16(21)8-7-15(18)14-9-11-22(12-10-14)19(24)25-20(3,4)5/h7-9H,6,10-12H2,1-5H3. The van der Waals surface area contributed by atoms with Gasteiger partial charge in [0.15, 0.2) is 5.78 Å². The van der Waals surface area contributed by atoms with Gasteiger partial charge in [-0.3, -0.25) is 4.79 Å². The molecule has 136 valence electrons. The lowest BCUT2D eigenvalue weighted by Crippen LogP contribution is -2.39. The molecule has 4 nitrogen and oxygen atoms in total. The molecule has 0 aromatic heterocycles. The number of carbonyl (C=O) groups excluding carboxylic acids is 2. The number of halogens is 1. The first-order chi connectivity index (χ1) is 11.6. The van der Waals surface area contributed by atoms with Crippen LogP contribution < -0.4 is 0 Å². The topological polar surface area (TPSA) is 46.6 Å². The van der Waals surface area contributed by atoms with Crippen LogP contribution in [0.3, 0.4) is 0 Å². The molecule has 0 unspecified atom stereocenters. The number of nitrogens with zero attached hydrogens (tertiary/aromatic N) is 1. The fourth-order valence-electron chi connectivity index (χ4n) is 2.90. The fourth-order valence-corrected chi connectivity index (χ4v) is 3.05. The van der Waals surface area contributed by atoms with Gasteiger partial charge in [0, 0.05) is 30.1 Å². The van der Waals surface area contributed by atoms with Gasteiger partial charge in [-0.25, -0.2) is 4.79 Å². The van der Waals surface area contributed by atoms with Gasteiger partial charge in [-0.2, -0.15) is 0 Å².